The number of halogens is 7. The number of carbonyl (C=O) groups is 2. The SMILES string of the molecule is CCN(C(C)=O)[C@@H]1CCNC1c1cc(-c2ccc(F)cc2C)c(N(C)C(=O)C(C)(C)c2cc(C(F)(F)F)cc(C(F)(F)F)c2)cn1. The lowest BCUT2D eigenvalue weighted by Gasteiger charge is -2.33. The van der Waals surface area contributed by atoms with E-state index in [1.807, 2.05) is 6.92 Å². The molecule has 1 aromatic heterocycles. The molecule has 3 aromatic rings. The fourth-order valence-corrected chi connectivity index (χ4v) is 6.03. The van der Waals surface area contributed by atoms with Crippen molar-refractivity contribution in [2.45, 2.75) is 70.9 Å². The second-order valence-electron chi connectivity index (χ2n) is 12.0. The number of amides is 2. The number of nitrogens with zero attached hydrogens (tertiary/aromatic N) is 3. The van der Waals surface area contributed by atoms with Crippen LogP contribution in [0.3, 0.4) is 0 Å². The first kappa shape index (κ1) is 34.9. The lowest BCUT2D eigenvalue weighted by Crippen LogP contribution is -2.43. The molecule has 1 fully saturated rings. The summed E-state index contributed by atoms with van der Waals surface area (Å²) in [6, 6.07) is 6.30. The third-order valence-electron chi connectivity index (χ3n) is 8.55. The minimum Gasteiger partial charge on any atom is -0.338 e. The van der Waals surface area contributed by atoms with Crippen molar-refractivity contribution in [3.05, 3.63) is 82.4 Å². The minimum absolute atomic E-state index is 0.0158. The van der Waals surface area contributed by atoms with Crippen LogP contribution in [0.2, 0.25) is 0 Å². The van der Waals surface area contributed by atoms with Crippen LogP contribution in [-0.4, -0.2) is 47.9 Å². The summed E-state index contributed by atoms with van der Waals surface area (Å²) in [5, 5.41) is 3.37. The van der Waals surface area contributed by atoms with Crippen molar-refractivity contribution in [2.24, 2.45) is 0 Å². The van der Waals surface area contributed by atoms with Crippen LogP contribution >= 0.6 is 0 Å². The van der Waals surface area contributed by atoms with Crippen molar-refractivity contribution in [3.63, 3.8) is 0 Å². The summed E-state index contributed by atoms with van der Waals surface area (Å²) in [5.74, 6) is -1.41. The molecule has 0 spiro atoms. The van der Waals surface area contributed by atoms with E-state index in [1.54, 1.807) is 17.9 Å². The predicted octanol–water partition coefficient (Wildman–Crippen LogP) is 7.45. The molecule has 1 N–H and O–H groups in total. The normalized spacial score (nSPS) is 17.2. The zero-order valence-electron chi connectivity index (χ0n) is 26.2. The average Bonchev–Trinajstić information content (AvgIpc) is 3.44. The maximum absolute atomic E-state index is 14.1. The highest BCUT2D eigenvalue weighted by atomic mass is 19.4. The van der Waals surface area contributed by atoms with Gasteiger partial charge < -0.3 is 15.1 Å². The van der Waals surface area contributed by atoms with Gasteiger partial charge in [-0.3, -0.25) is 14.6 Å². The van der Waals surface area contributed by atoms with Gasteiger partial charge in [0.25, 0.3) is 0 Å². The van der Waals surface area contributed by atoms with E-state index < -0.39 is 46.2 Å². The highest BCUT2D eigenvalue weighted by molar-refractivity contribution is 6.03. The number of anilines is 1. The number of likely N-dealkylation sites (N-methyl/N-ethyl adjacent to an activating group) is 2. The highest BCUT2D eigenvalue weighted by Crippen LogP contribution is 2.41. The highest BCUT2D eigenvalue weighted by Gasteiger charge is 2.42. The number of benzene rings is 2. The zero-order valence-corrected chi connectivity index (χ0v) is 26.2. The number of carbonyl (C=O) groups excluding carboxylic acids is 2. The molecule has 13 heteroatoms. The Kier molecular flexibility index (Phi) is 9.59. The van der Waals surface area contributed by atoms with Crippen molar-refractivity contribution in [1.29, 1.82) is 0 Å². The number of pyridine rings is 1. The fraction of sp³-hybridized carbons (Fsp3) is 0.424. The summed E-state index contributed by atoms with van der Waals surface area (Å²) in [5.41, 5.74) is -3.16. The molecule has 2 amide bonds. The van der Waals surface area contributed by atoms with Gasteiger partial charge in [0.2, 0.25) is 11.8 Å². The summed E-state index contributed by atoms with van der Waals surface area (Å²) >= 11 is 0. The maximum atomic E-state index is 14.1. The Labute approximate surface area is 262 Å². The van der Waals surface area contributed by atoms with E-state index >= 15 is 0 Å². The van der Waals surface area contributed by atoms with Crippen LogP contribution in [0.4, 0.5) is 36.4 Å². The second-order valence-corrected chi connectivity index (χ2v) is 12.0. The molecule has 248 valence electrons. The third-order valence-corrected chi connectivity index (χ3v) is 8.55. The lowest BCUT2D eigenvalue weighted by molar-refractivity contribution is -0.143. The molecule has 1 unspecified atom stereocenters. The molecule has 1 aliphatic heterocycles. The first-order valence-electron chi connectivity index (χ1n) is 14.6. The number of aromatic nitrogens is 1. The average molecular weight is 653 g/mol. The molecular weight excluding hydrogens is 617 g/mol. The number of rotatable bonds is 7. The van der Waals surface area contributed by atoms with Crippen molar-refractivity contribution in [2.75, 3.05) is 25.0 Å². The fourth-order valence-electron chi connectivity index (χ4n) is 6.03. The molecular formula is C33H35F7N4O2. The smallest absolute Gasteiger partial charge is 0.338 e. The molecule has 46 heavy (non-hydrogen) atoms. The number of hydrogen-bond acceptors (Lipinski definition) is 4. The van der Waals surface area contributed by atoms with Crippen molar-refractivity contribution in [3.8, 4) is 11.1 Å². The number of alkyl halides is 6. The van der Waals surface area contributed by atoms with Crippen LogP contribution in [0.5, 0.6) is 0 Å². The van der Waals surface area contributed by atoms with E-state index in [9.17, 15) is 40.3 Å². The van der Waals surface area contributed by atoms with E-state index in [2.05, 4.69) is 10.3 Å². The monoisotopic (exact) mass is 652 g/mol. The van der Waals surface area contributed by atoms with Crippen LogP contribution in [0.25, 0.3) is 11.1 Å². The summed E-state index contributed by atoms with van der Waals surface area (Å²) in [7, 11) is 1.35. The second kappa shape index (κ2) is 12.7. The molecule has 6 nitrogen and oxygen atoms in total. The van der Waals surface area contributed by atoms with Gasteiger partial charge in [-0.15, -0.1) is 0 Å². The Morgan fingerprint density at radius 3 is 2.04 bits per heavy atom. The van der Waals surface area contributed by atoms with Gasteiger partial charge in [-0.25, -0.2) is 4.39 Å². The van der Waals surface area contributed by atoms with Gasteiger partial charge in [0.1, 0.15) is 5.82 Å². The van der Waals surface area contributed by atoms with E-state index in [0.717, 1.165) is 4.90 Å². The predicted molar refractivity (Wildman–Crippen MR) is 159 cm³/mol. The lowest BCUT2D eigenvalue weighted by atomic mass is 9.81. The van der Waals surface area contributed by atoms with Crippen LogP contribution in [0.1, 0.15) is 68.1 Å². The Morgan fingerprint density at radius 2 is 1.52 bits per heavy atom. The first-order chi connectivity index (χ1) is 21.3. The molecule has 0 radical (unpaired) electrons. The minimum atomic E-state index is -5.09. The molecule has 4 rings (SSSR count). The summed E-state index contributed by atoms with van der Waals surface area (Å²) < 4.78 is 96.0. The van der Waals surface area contributed by atoms with Crippen LogP contribution in [0.15, 0.2) is 48.7 Å². The van der Waals surface area contributed by atoms with Gasteiger partial charge in [-0.2, -0.15) is 26.3 Å². The Balaban J connectivity index is 1.84. The number of nitrogens with one attached hydrogen (secondary N) is 1. The third kappa shape index (κ3) is 6.89. The summed E-state index contributed by atoms with van der Waals surface area (Å²) in [4.78, 5) is 33.9. The molecule has 0 bridgehead atoms. The molecule has 1 saturated heterocycles. The molecule has 1 aliphatic rings. The van der Waals surface area contributed by atoms with Crippen LogP contribution in [-0.2, 0) is 27.4 Å². The van der Waals surface area contributed by atoms with Crippen LogP contribution in [0, 0.1) is 12.7 Å². The van der Waals surface area contributed by atoms with E-state index in [4.69, 9.17) is 0 Å². The molecule has 0 aliphatic carbocycles. The Bertz CT molecular complexity index is 1600. The Morgan fingerprint density at radius 1 is 0.935 bits per heavy atom. The molecule has 0 saturated carbocycles. The van der Waals surface area contributed by atoms with Gasteiger partial charge >= 0.3 is 12.4 Å². The van der Waals surface area contributed by atoms with E-state index in [-0.39, 0.29) is 29.7 Å². The van der Waals surface area contributed by atoms with Crippen molar-refractivity contribution in [1.82, 2.24) is 15.2 Å². The van der Waals surface area contributed by atoms with Gasteiger partial charge in [0.05, 0.1) is 46.2 Å². The number of hydrogen-bond donors (Lipinski definition) is 1. The molecule has 2 atom stereocenters. The van der Waals surface area contributed by atoms with Crippen molar-refractivity contribution < 1.29 is 40.3 Å². The van der Waals surface area contributed by atoms with Gasteiger partial charge in [0.15, 0.2) is 0 Å². The molecule has 2 heterocycles. The van der Waals surface area contributed by atoms with Gasteiger partial charge in [-0.1, -0.05) is 6.07 Å². The summed E-state index contributed by atoms with van der Waals surface area (Å²) in [6.07, 6.45) is -8.11. The molecule has 2 aromatic carbocycles. The van der Waals surface area contributed by atoms with E-state index in [0.29, 0.717) is 54.0 Å². The maximum Gasteiger partial charge on any atom is 0.416 e. The van der Waals surface area contributed by atoms with Gasteiger partial charge in [0, 0.05) is 26.1 Å². The quantitative estimate of drug-likeness (QED) is 0.270. The first-order valence-corrected chi connectivity index (χ1v) is 14.6. The van der Waals surface area contributed by atoms with Gasteiger partial charge in [-0.05, 0) is 93.7 Å². The topological polar surface area (TPSA) is 65.5 Å². The van der Waals surface area contributed by atoms with Crippen LogP contribution < -0.4 is 10.2 Å². The largest absolute Gasteiger partial charge is 0.416 e. The standard InChI is InChI=1S/C33H35F7N4O2/c1-7-44(19(3)45)27-10-11-41-29(27)26-16-25(24-9-8-23(34)12-18(24)2)28(17-42-26)43(6)30(46)31(4,5)20-13-21(32(35,36)37)15-22(14-20)33(38,39)40/h8-9,12-17,27,29,41H,7,10-11H2,1-6H3/t27-,29?/m1/s1. The summed E-state index contributed by atoms with van der Waals surface area (Å²) in [6.45, 7) is 8.59. The van der Waals surface area contributed by atoms with Crippen molar-refractivity contribution >= 4 is 17.5 Å². The number of aryl methyl sites for hydroxylation is 1. The Hall–Kier alpha value is -4.00. The van der Waals surface area contributed by atoms with E-state index in [1.165, 1.54) is 52.2 Å². The zero-order chi connectivity index (χ0) is 34.4.